The fraction of sp³-hybridized carbons (Fsp3) is 0.700. The number of hydrogen-bond donors (Lipinski definition) is 2. The topological polar surface area (TPSA) is 103 Å². The molecule has 0 aromatic carbocycles. The Morgan fingerprint density at radius 2 is 1.94 bits per heavy atom. The zero-order chi connectivity index (χ0) is 13.3. The van der Waals surface area contributed by atoms with E-state index < -0.39 is 17.2 Å². The van der Waals surface area contributed by atoms with E-state index in [1.54, 1.807) is 34.6 Å². The zero-order valence-electron chi connectivity index (χ0n) is 10.7. The summed E-state index contributed by atoms with van der Waals surface area (Å²) in [4.78, 5) is 15.5. The van der Waals surface area contributed by atoms with E-state index in [4.69, 9.17) is 15.0 Å². The van der Waals surface area contributed by atoms with Gasteiger partial charge in [0, 0.05) is 0 Å². The van der Waals surface area contributed by atoms with Gasteiger partial charge in [0.15, 0.2) is 0 Å². The summed E-state index contributed by atoms with van der Waals surface area (Å²) in [6.45, 7) is 8.77. The van der Waals surface area contributed by atoms with E-state index in [1.807, 2.05) is 0 Å². The van der Waals surface area contributed by atoms with Crippen LogP contribution >= 0.6 is 0 Å². The molecule has 0 radical (unpaired) electrons. The number of nitrogens with zero attached hydrogens (tertiary/aromatic N) is 2. The molecule has 1 aromatic rings. The second-order valence-corrected chi connectivity index (χ2v) is 5.21. The maximum Gasteiger partial charge on any atom is 0.408 e. The lowest BCUT2D eigenvalue weighted by Gasteiger charge is -2.25. The third-order valence-electron chi connectivity index (χ3n) is 1.79. The van der Waals surface area contributed by atoms with Gasteiger partial charge in [0.25, 0.3) is 11.8 Å². The van der Waals surface area contributed by atoms with Crippen LogP contribution in [0.15, 0.2) is 4.52 Å². The van der Waals surface area contributed by atoms with Crippen molar-refractivity contribution in [1.82, 2.24) is 15.5 Å². The number of alkyl carbamates (subject to hydrolysis) is 1. The van der Waals surface area contributed by atoms with Gasteiger partial charge in [-0.2, -0.15) is 4.98 Å². The molecule has 1 aromatic heterocycles. The number of amides is 1. The lowest BCUT2D eigenvalue weighted by Crippen LogP contribution is -2.44. The van der Waals surface area contributed by atoms with E-state index in [1.165, 1.54) is 0 Å². The van der Waals surface area contributed by atoms with Crippen molar-refractivity contribution in [2.45, 2.75) is 45.8 Å². The predicted molar refractivity (Wildman–Crippen MR) is 61.1 cm³/mol. The van der Waals surface area contributed by atoms with Crippen LogP contribution in [0.2, 0.25) is 0 Å². The van der Waals surface area contributed by atoms with Gasteiger partial charge < -0.3 is 20.3 Å². The fourth-order valence-corrected chi connectivity index (χ4v) is 1.10. The Balaban J connectivity index is 2.70. The number of nitrogens with two attached hydrogens (primary N) is 1. The molecular formula is C10H18N4O3. The number of nitrogens with one attached hydrogen (secondary N) is 1. The molecule has 1 heterocycles. The van der Waals surface area contributed by atoms with Gasteiger partial charge in [0.1, 0.15) is 11.1 Å². The van der Waals surface area contributed by atoms with Gasteiger partial charge in [-0.1, -0.05) is 0 Å². The molecule has 0 saturated heterocycles. The summed E-state index contributed by atoms with van der Waals surface area (Å²) < 4.78 is 10.0. The van der Waals surface area contributed by atoms with Crippen LogP contribution in [-0.4, -0.2) is 21.8 Å². The summed E-state index contributed by atoms with van der Waals surface area (Å²) in [5.74, 6) is 0.250. The summed E-state index contributed by atoms with van der Waals surface area (Å²) >= 11 is 0. The molecule has 0 atom stereocenters. The van der Waals surface area contributed by atoms with Crippen molar-refractivity contribution in [2.24, 2.45) is 0 Å². The minimum atomic E-state index is -0.840. The Morgan fingerprint density at radius 1 is 1.35 bits per heavy atom. The number of hydrogen-bond acceptors (Lipinski definition) is 6. The van der Waals surface area contributed by atoms with Crippen molar-refractivity contribution >= 4 is 12.0 Å². The lowest BCUT2D eigenvalue weighted by molar-refractivity contribution is 0.0452. The van der Waals surface area contributed by atoms with Crippen LogP contribution < -0.4 is 11.1 Å². The zero-order valence-corrected chi connectivity index (χ0v) is 10.7. The van der Waals surface area contributed by atoms with Gasteiger partial charge in [-0.05, 0) is 39.8 Å². The molecule has 0 spiro atoms. The normalized spacial score (nSPS) is 12.3. The third-order valence-corrected chi connectivity index (χ3v) is 1.79. The van der Waals surface area contributed by atoms with Crippen molar-refractivity contribution < 1.29 is 14.1 Å². The van der Waals surface area contributed by atoms with Crippen molar-refractivity contribution in [3.63, 3.8) is 0 Å². The number of aromatic nitrogens is 2. The molecule has 1 rings (SSSR count). The second-order valence-electron chi connectivity index (χ2n) is 5.21. The van der Waals surface area contributed by atoms with E-state index in [2.05, 4.69) is 15.5 Å². The monoisotopic (exact) mass is 242 g/mol. The number of carbonyl (C=O) groups excluding carboxylic acids is 1. The average molecular weight is 242 g/mol. The Hall–Kier alpha value is -1.79. The molecule has 17 heavy (non-hydrogen) atoms. The van der Waals surface area contributed by atoms with Crippen molar-refractivity contribution in [3.05, 3.63) is 5.89 Å². The number of carbonyl (C=O) groups is 1. The lowest BCUT2D eigenvalue weighted by atomic mass is 10.1. The van der Waals surface area contributed by atoms with Gasteiger partial charge >= 0.3 is 6.09 Å². The largest absolute Gasteiger partial charge is 0.444 e. The highest BCUT2D eigenvalue weighted by molar-refractivity contribution is 5.68. The quantitative estimate of drug-likeness (QED) is 0.812. The molecular weight excluding hydrogens is 224 g/mol. The number of nitrogen functional groups attached to an aromatic ring is 1. The summed E-state index contributed by atoms with van der Waals surface area (Å²) in [6.07, 6.45) is -0.556. The predicted octanol–water partition coefficient (Wildman–Crippen LogP) is 1.41. The first-order chi connectivity index (χ1) is 7.60. The first-order valence-corrected chi connectivity index (χ1v) is 5.21. The van der Waals surface area contributed by atoms with Gasteiger partial charge in [-0.15, -0.1) is 0 Å². The van der Waals surface area contributed by atoms with Gasteiger partial charge in [0.05, 0.1) is 0 Å². The van der Waals surface area contributed by atoms with Gasteiger partial charge in [-0.3, -0.25) is 0 Å². The minimum absolute atomic E-state index is 0.0269. The molecule has 0 unspecified atom stereocenters. The van der Waals surface area contributed by atoms with Crippen molar-refractivity contribution in [1.29, 1.82) is 0 Å². The number of rotatable bonds is 2. The molecule has 0 fully saturated rings. The van der Waals surface area contributed by atoms with Crippen LogP contribution in [0.1, 0.15) is 40.5 Å². The smallest absolute Gasteiger partial charge is 0.408 e. The third kappa shape index (κ3) is 3.93. The van der Waals surface area contributed by atoms with Crippen LogP contribution in [0.3, 0.4) is 0 Å². The molecule has 3 N–H and O–H groups in total. The van der Waals surface area contributed by atoms with Crippen LogP contribution in [0.25, 0.3) is 0 Å². The molecule has 0 aliphatic heterocycles. The molecule has 96 valence electrons. The van der Waals surface area contributed by atoms with Gasteiger partial charge in [0.2, 0.25) is 0 Å². The first kappa shape index (κ1) is 13.3. The molecule has 0 aliphatic carbocycles. The van der Waals surface area contributed by atoms with Crippen molar-refractivity contribution in [2.75, 3.05) is 5.73 Å². The SMILES string of the molecule is CC(C)(C)OC(=O)NC(C)(C)c1nc(N)no1. The molecule has 7 heteroatoms. The summed E-state index contributed by atoms with van der Waals surface area (Å²) in [7, 11) is 0. The molecule has 1 amide bonds. The van der Waals surface area contributed by atoms with Crippen molar-refractivity contribution in [3.8, 4) is 0 Å². The standard InChI is InChI=1S/C10H18N4O3/c1-9(2,3)16-8(15)13-10(4,5)6-12-7(11)14-17-6/h1-5H3,(H2,11,14)(H,13,15). The summed E-state index contributed by atoms with van der Waals surface area (Å²) in [6, 6.07) is 0. The van der Waals surface area contributed by atoms with E-state index in [-0.39, 0.29) is 11.8 Å². The van der Waals surface area contributed by atoms with Crippen LogP contribution in [-0.2, 0) is 10.3 Å². The second kappa shape index (κ2) is 4.23. The van der Waals surface area contributed by atoms with E-state index in [9.17, 15) is 4.79 Å². The number of anilines is 1. The highest BCUT2D eigenvalue weighted by atomic mass is 16.6. The van der Waals surface area contributed by atoms with E-state index >= 15 is 0 Å². The first-order valence-electron chi connectivity index (χ1n) is 5.21. The molecule has 7 nitrogen and oxygen atoms in total. The molecule has 0 saturated carbocycles. The van der Waals surface area contributed by atoms with Gasteiger partial charge in [-0.25, -0.2) is 4.79 Å². The molecule has 0 bridgehead atoms. The Morgan fingerprint density at radius 3 is 2.35 bits per heavy atom. The summed E-state index contributed by atoms with van der Waals surface area (Å²) in [5, 5.41) is 6.09. The fourth-order valence-electron chi connectivity index (χ4n) is 1.10. The van der Waals surface area contributed by atoms with Crippen LogP contribution in [0.5, 0.6) is 0 Å². The average Bonchev–Trinajstić information content (AvgIpc) is 2.46. The highest BCUT2D eigenvalue weighted by Crippen LogP contribution is 2.19. The van der Waals surface area contributed by atoms with E-state index in [0.717, 1.165) is 0 Å². The minimum Gasteiger partial charge on any atom is -0.444 e. The maximum atomic E-state index is 11.6. The Bertz CT molecular complexity index is 406. The van der Waals surface area contributed by atoms with Crippen LogP contribution in [0, 0.1) is 0 Å². The highest BCUT2D eigenvalue weighted by Gasteiger charge is 2.31. The van der Waals surface area contributed by atoms with E-state index in [0.29, 0.717) is 0 Å². The summed E-state index contributed by atoms with van der Waals surface area (Å²) in [5.41, 5.74) is 3.95. The Kier molecular flexibility index (Phi) is 3.30. The Labute approximate surface area is 99.7 Å². The maximum absolute atomic E-state index is 11.6. The molecule has 0 aliphatic rings. The number of ether oxygens (including phenoxy) is 1. The van der Waals surface area contributed by atoms with Crippen LogP contribution in [0.4, 0.5) is 10.7 Å².